The maximum absolute atomic E-state index is 13.7. The first-order chi connectivity index (χ1) is 12.3. The van der Waals surface area contributed by atoms with E-state index in [0.717, 1.165) is 12.1 Å². The van der Waals surface area contributed by atoms with Gasteiger partial charge >= 0.3 is 5.97 Å². The molecule has 0 fully saturated rings. The molecule has 2 rings (SSSR count). The van der Waals surface area contributed by atoms with Crippen LogP contribution in [0.3, 0.4) is 0 Å². The van der Waals surface area contributed by atoms with Crippen molar-refractivity contribution in [1.82, 2.24) is 5.32 Å². The Kier molecular flexibility index (Phi) is 6.94. The molecule has 26 heavy (non-hydrogen) atoms. The molecule has 0 bridgehead atoms. The zero-order valence-electron chi connectivity index (χ0n) is 13.7. The maximum Gasteiger partial charge on any atom is 0.310 e. The summed E-state index contributed by atoms with van der Waals surface area (Å²) < 4.78 is 31.5. The molecule has 0 aliphatic heterocycles. The van der Waals surface area contributed by atoms with Crippen molar-refractivity contribution in [1.29, 1.82) is 0 Å². The maximum atomic E-state index is 13.7. The first-order valence-corrected chi connectivity index (χ1v) is 8.35. The molecule has 2 aromatic rings. The van der Waals surface area contributed by atoms with E-state index in [2.05, 4.69) is 5.32 Å². The van der Waals surface area contributed by atoms with E-state index >= 15 is 0 Å². The van der Waals surface area contributed by atoms with Gasteiger partial charge in [-0.2, -0.15) is 0 Å². The lowest BCUT2D eigenvalue weighted by Gasteiger charge is -2.15. The molecule has 2 aromatic carbocycles. The lowest BCUT2D eigenvalue weighted by Crippen LogP contribution is -2.31. The topological polar surface area (TPSA) is 55.4 Å². The van der Waals surface area contributed by atoms with Crippen molar-refractivity contribution in [3.05, 3.63) is 69.2 Å². The van der Waals surface area contributed by atoms with Gasteiger partial charge < -0.3 is 10.1 Å². The molecule has 0 saturated carbocycles. The van der Waals surface area contributed by atoms with E-state index in [1.54, 1.807) is 12.1 Å². The van der Waals surface area contributed by atoms with Gasteiger partial charge in [0.2, 0.25) is 0 Å². The van der Waals surface area contributed by atoms with E-state index in [1.807, 2.05) is 0 Å². The normalized spacial score (nSPS) is 11.7. The molecule has 0 unspecified atom stereocenters. The third kappa shape index (κ3) is 5.68. The van der Waals surface area contributed by atoms with Crippen LogP contribution < -0.4 is 5.32 Å². The fourth-order valence-electron chi connectivity index (χ4n) is 2.23. The van der Waals surface area contributed by atoms with Crippen molar-refractivity contribution in [2.75, 3.05) is 6.61 Å². The van der Waals surface area contributed by atoms with Gasteiger partial charge in [0.05, 0.1) is 12.5 Å². The van der Waals surface area contributed by atoms with Crippen LogP contribution in [0.2, 0.25) is 10.0 Å². The third-order valence-electron chi connectivity index (χ3n) is 3.52. The zero-order valence-corrected chi connectivity index (χ0v) is 15.2. The molecule has 0 saturated heterocycles. The number of hydrogen-bond acceptors (Lipinski definition) is 3. The SMILES string of the molecule is C[C@H](NC(=O)COC(=O)Cc1ccc(Cl)cc1Cl)c1ccc(F)cc1F. The summed E-state index contributed by atoms with van der Waals surface area (Å²) in [5.74, 6) is -2.74. The molecule has 0 aromatic heterocycles. The van der Waals surface area contributed by atoms with Crippen LogP contribution in [0.15, 0.2) is 36.4 Å². The molecule has 138 valence electrons. The molecule has 0 aliphatic carbocycles. The van der Waals surface area contributed by atoms with Gasteiger partial charge in [-0.1, -0.05) is 35.3 Å². The van der Waals surface area contributed by atoms with Crippen LogP contribution in [0, 0.1) is 11.6 Å². The summed E-state index contributed by atoms with van der Waals surface area (Å²) >= 11 is 11.7. The second kappa shape index (κ2) is 8.96. The van der Waals surface area contributed by atoms with E-state index in [9.17, 15) is 18.4 Å². The van der Waals surface area contributed by atoms with E-state index in [4.69, 9.17) is 27.9 Å². The largest absolute Gasteiger partial charge is 0.455 e. The Morgan fingerprint density at radius 2 is 1.88 bits per heavy atom. The number of esters is 1. The Hall–Kier alpha value is -2.18. The van der Waals surface area contributed by atoms with E-state index in [0.29, 0.717) is 15.6 Å². The highest BCUT2D eigenvalue weighted by Gasteiger charge is 2.16. The number of hydrogen-bond donors (Lipinski definition) is 1. The van der Waals surface area contributed by atoms with Crippen molar-refractivity contribution in [3.8, 4) is 0 Å². The minimum absolute atomic E-state index is 0.120. The number of ether oxygens (including phenoxy) is 1. The summed E-state index contributed by atoms with van der Waals surface area (Å²) in [6.07, 6.45) is -0.120. The second-order valence-corrected chi connectivity index (χ2v) is 6.37. The molecule has 0 spiro atoms. The lowest BCUT2D eigenvalue weighted by atomic mass is 10.1. The van der Waals surface area contributed by atoms with Gasteiger partial charge in [0.1, 0.15) is 11.6 Å². The summed E-state index contributed by atoms with van der Waals surface area (Å²) in [5.41, 5.74) is 0.641. The fraction of sp³-hybridized carbons (Fsp3) is 0.222. The van der Waals surface area contributed by atoms with Crippen molar-refractivity contribution >= 4 is 35.1 Å². The van der Waals surface area contributed by atoms with Crippen molar-refractivity contribution in [3.63, 3.8) is 0 Å². The first kappa shape index (κ1) is 20.1. The van der Waals surface area contributed by atoms with Crippen LogP contribution in [-0.4, -0.2) is 18.5 Å². The van der Waals surface area contributed by atoms with Crippen molar-refractivity contribution in [2.24, 2.45) is 0 Å². The highest BCUT2D eigenvalue weighted by Crippen LogP contribution is 2.21. The van der Waals surface area contributed by atoms with Crippen LogP contribution >= 0.6 is 23.2 Å². The van der Waals surface area contributed by atoms with Crippen molar-refractivity contribution in [2.45, 2.75) is 19.4 Å². The number of benzene rings is 2. The molecule has 8 heteroatoms. The highest BCUT2D eigenvalue weighted by molar-refractivity contribution is 6.35. The molecule has 1 atom stereocenters. The van der Waals surface area contributed by atoms with Crippen LogP contribution in [0.4, 0.5) is 8.78 Å². The Labute approximate surface area is 159 Å². The highest BCUT2D eigenvalue weighted by atomic mass is 35.5. The molecule has 1 N–H and O–H groups in total. The molecule has 0 aliphatic rings. The van der Waals surface area contributed by atoms with Gasteiger partial charge in [-0.15, -0.1) is 0 Å². The first-order valence-electron chi connectivity index (χ1n) is 7.60. The van der Waals surface area contributed by atoms with Gasteiger partial charge in [0.15, 0.2) is 6.61 Å². The Morgan fingerprint density at radius 3 is 2.54 bits per heavy atom. The fourth-order valence-corrected chi connectivity index (χ4v) is 2.71. The number of carbonyl (C=O) groups is 2. The summed E-state index contributed by atoms with van der Waals surface area (Å²) in [7, 11) is 0. The van der Waals surface area contributed by atoms with Crippen LogP contribution in [0.5, 0.6) is 0 Å². The third-order valence-corrected chi connectivity index (χ3v) is 4.11. The minimum Gasteiger partial charge on any atom is -0.455 e. The average Bonchev–Trinajstić information content (AvgIpc) is 2.55. The van der Waals surface area contributed by atoms with Crippen LogP contribution in [-0.2, 0) is 20.7 Å². The number of halogens is 4. The van der Waals surface area contributed by atoms with Crippen LogP contribution in [0.1, 0.15) is 24.1 Å². The number of rotatable bonds is 6. The molecule has 1 amide bonds. The van der Waals surface area contributed by atoms with Crippen LogP contribution in [0.25, 0.3) is 0 Å². The molecule has 0 radical (unpaired) electrons. The molecule has 4 nitrogen and oxygen atoms in total. The predicted molar refractivity (Wildman–Crippen MR) is 94.0 cm³/mol. The summed E-state index contributed by atoms with van der Waals surface area (Å²) in [6, 6.07) is 7.02. The van der Waals surface area contributed by atoms with E-state index in [-0.39, 0.29) is 12.0 Å². The molecular weight excluding hydrogens is 387 g/mol. The molecular formula is C18H15Cl2F2NO3. The second-order valence-electron chi connectivity index (χ2n) is 5.53. The molecule has 0 heterocycles. The smallest absolute Gasteiger partial charge is 0.310 e. The summed E-state index contributed by atoms with van der Waals surface area (Å²) in [4.78, 5) is 23.7. The van der Waals surface area contributed by atoms with Crippen molar-refractivity contribution < 1.29 is 23.1 Å². The monoisotopic (exact) mass is 401 g/mol. The standard InChI is InChI=1S/C18H15Cl2F2NO3/c1-10(14-5-4-13(21)8-16(14)22)23-17(24)9-26-18(25)6-11-2-3-12(19)7-15(11)20/h2-5,7-8,10H,6,9H2,1H3,(H,23,24)/t10-/m0/s1. The number of carbonyl (C=O) groups excluding carboxylic acids is 2. The Balaban J connectivity index is 1.85. The summed E-state index contributed by atoms with van der Waals surface area (Å²) in [5, 5.41) is 3.23. The van der Waals surface area contributed by atoms with Gasteiger partial charge in [-0.25, -0.2) is 8.78 Å². The Bertz CT molecular complexity index is 830. The van der Waals surface area contributed by atoms with Gasteiger partial charge in [0, 0.05) is 21.7 Å². The zero-order chi connectivity index (χ0) is 19.3. The predicted octanol–water partition coefficient (Wildman–Crippen LogP) is 4.23. The van der Waals surface area contributed by atoms with Gasteiger partial charge in [-0.3, -0.25) is 9.59 Å². The quantitative estimate of drug-likeness (QED) is 0.736. The number of amides is 1. The van der Waals surface area contributed by atoms with E-state index < -0.39 is 36.2 Å². The average molecular weight is 402 g/mol. The van der Waals surface area contributed by atoms with Gasteiger partial charge in [0.25, 0.3) is 5.91 Å². The number of nitrogens with one attached hydrogen (secondary N) is 1. The van der Waals surface area contributed by atoms with Gasteiger partial charge in [-0.05, 0) is 30.7 Å². The van der Waals surface area contributed by atoms with E-state index in [1.165, 1.54) is 19.1 Å². The lowest BCUT2D eigenvalue weighted by molar-refractivity contribution is -0.148. The minimum atomic E-state index is -0.771. The summed E-state index contributed by atoms with van der Waals surface area (Å²) in [6.45, 7) is 1.00. The Morgan fingerprint density at radius 1 is 1.15 bits per heavy atom.